The molecule has 3 fully saturated rings. The van der Waals surface area contributed by atoms with Crippen LogP contribution < -0.4 is 4.74 Å². The van der Waals surface area contributed by atoms with Gasteiger partial charge in [0, 0.05) is 18.2 Å². The van der Waals surface area contributed by atoms with Crippen molar-refractivity contribution in [3.8, 4) is 11.5 Å². The van der Waals surface area contributed by atoms with Gasteiger partial charge in [-0.1, -0.05) is 12.6 Å². The second-order valence-corrected chi connectivity index (χ2v) is 8.91. The van der Waals surface area contributed by atoms with Gasteiger partial charge in [-0.05, 0) is 68.2 Å². The normalized spacial score (nSPS) is 39.8. The van der Waals surface area contributed by atoms with Crippen molar-refractivity contribution in [1.29, 1.82) is 0 Å². The van der Waals surface area contributed by atoms with Crippen LogP contribution in [-0.2, 0) is 11.8 Å². The zero-order valence-corrected chi connectivity index (χ0v) is 15.7. The first-order valence-corrected chi connectivity index (χ1v) is 9.71. The number of halogens is 1. The van der Waals surface area contributed by atoms with Crippen LogP contribution in [0.1, 0.15) is 43.2 Å². The van der Waals surface area contributed by atoms with Gasteiger partial charge in [-0.15, -0.1) is 12.4 Å². The lowest BCUT2D eigenvalue weighted by atomic mass is 9.48. The average Bonchev–Trinajstić information content (AvgIpc) is 3.32. The molecule has 0 unspecified atom stereocenters. The summed E-state index contributed by atoms with van der Waals surface area (Å²) in [6, 6.07) is 3.96. The number of benzene rings is 1. The van der Waals surface area contributed by atoms with Crippen LogP contribution in [0.3, 0.4) is 0 Å². The Labute approximate surface area is 160 Å². The van der Waals surface area contributed by atoms with Crippen LogP contribution in [0.15, 0.2) is 24.3 Å². The van der Waals surface area contributed by atoms with Crippen LogP contribution in [0.5, 0.6) is 11.5 Å². The largest absolute Gasteiger partial charge is 0.504 e. The highest BCUT2D eigenvalue weighted by Crippen LogP contribution is 2.66. The fourth-order valence-corrected chi connectivity index (χ4v) is 6.39. The van der Waals surface area contributed by atoms with Crippen molar-refractivity contribution in [3.05, 3.63) is 35.4 Å². The van der Waals surface area contributed by atoms with Crippen molar-refractivity contribution >= 4 is 12.4 Å². The quantitative estimate of drug-likeness (QED) is 0.780. The van der Waals surface area contributed by atoms with Gasteiger partial charge in [0.1, 0.15) is 6.10 Å². The van der Waals surface area contributed by atoms with Gasteiger partial charge in [-0.2, -0.15) is 0 Å². The second-order valence-electron chi connectivity index (χ2n) is 8.91. The number of aliphatic hydroxyl groups is 1. The van der Waals surface area contributed by atoms with Crippen molar-refractivity contribution in [2.24, 2.45) is 5.92 Å². The summed E-state index contributed by atoms with van der Waals surface area (Å²) < 4.78 is 6.29. The summed E-state index contributed by atoms with van der Waals surface area (Å²) in [5, 5.41) is 22.5. The van der Waals surface area contributed by atoms with Crippen LogP contribution in [-0.4, -0.2) is 45.9 Å². The minimum atomic E-state index is -0.780. The molecule has 1 spiro atoms. The smallest absolute Gasteiger partial charge is 0.166 e. The predicted octanol–water partition coefficient (Wildman–Crippen LogP) is 2.93. The van der Waals surface area contributed by atoms with Crippen LogP contribution in [0, 0.1) is 5.92 Å². The van der Waals surface area contributed by atoms with Crippen LogP contribution in [0.2, 0.25) is 0 Å². The molecular formula is C21H26ClNO3. The Morgan fingerprint density at radius 3 is 2.85 bits per heavy atom. The van der Waals surface area contributed by atoms with E-state index in [2.05, 4.69) is 11.5 Å². The first-order valence-electron chi connectivity index (χ1n) is 9.71. The van der Waals surface area contributed by atoms with Gasteiger partial charge in [0.2, 0.25) is 0 Å². The molecule has 2 N–H and O–H groups in total. The van der Waals surface area contributed by atoms with Gasteiger partial charge < -0.3 is 14.9 Å². The number of hydrogen-bond donors (Lipinski definition) is 2. The Morgan fingerprint density at radius 2 is 2.08 bits per heavy atom. The highest BCUT2D eigenvalue weighted by atomic mass is 35.5. The lowest BCUT2D eigenvalue weighted by Gasteiger charge is -2.63. The molecule has 1 aromatic carbocycles. The summed E-state index contributed by atoms with van der Waals surface area (Å²) in [6.45, 7) is 6.40. The number of nitrogens with zero attached hydrogens (tertiary/aromatic N) is 1. The summed E-state index contributed by atoms with van der Waals surface area (Å²) in [5.41, 5.74) is 2.21. The SMILES string of the molecule is C=C1CC[C@]2(O)[C@@H]3Cc4ccc(O)c5c4[C@@]2(CCN3CC2CC2)[C@H]1O5.Cl. The molecule has 2 bridgehead atoms. The standard InChI is InChI=1S/C21H25NO3.ClH/c1-12-6-7-21(24)16-10-14-4-5-15(23)18-17(14)20(21,19(12)25-18)8-9-22(16)11-13-2-3-13;/h4-5,13,16,19,23-24H,1-3,6-11H2;1H/t16-,19-,20-,21-;/m0./s1. The number of phenols is 1. The number of ether oxygens (including phenoxy) is 1. The van der Waals surface area contributed by atoms with Gasteiger partial charge in [0.05, 0.1) is 11.0 Å². The van der Waals surface area contributed by atoms with E-state index in [1.807, 2.05) is 6.07 Å². The van der Waals surface area contributed by atoms with Crippen molar-refractivity contribution in [2.75, 3.05) is 13.1 Å². The molecule has 0 radical (unpaired) electrons. The molecule has 4 atom stereocenters. The lowest BCUT2D eigenvalue weighted by molar-refractivity contribution is -0.174. The topological polar surface area (TPSA) is 52.9 Å². The monoisotopic (exact) mass is 375 g/mol. The summed E-state index contributed by atoms with van der Waals surface area (Å²) in [7, 11) is 0. The molecule has 5 heteroatoms. The van der Waals surface area contributed by atoms with Gasteiger partial charge >= 0.3 is 0 Å². The summed E-state index contributed by atoms with van der Waals surface area (Å²) >= 11 is 0. The number of piperidine rings is 1. The molecule has 4 nitrogen and oxygen atoms in total. The summed E-state index contributed by atoms with van der Waals surface area (Å²) in [4.78, 5) is 2.56. The number of aromatic hydroxyl groups is 1. The maximum absolute atomic E-state index is 12.1. The Balaban J connectivity index is 0.00000150. The number of rotatable bonds is 2. The first-order chi connectivity index (χ1) is 12.0. The number of likely N-dealkylation sites (tertiary alicyclic amines) is 1. The Hall–Kier alpha value is -1.23. The maximum atomic E-state index is 12.1. The molecule has 26 heavy (non-hydrogen) atoms. The van der Waals surface area contributed by atoms with E-state index in [0.29, 0.717) is 5.75 Å². The molecule has 6 rings (SSSR count). The molecule has 0 aromatic heterocycles. The van der Waals surface area contributed by atoms with Crippen molar-refractivity contribution in [3.63, 3.8) is 0 Å². The molecular weight excluding hydrogens is 350 g/mol. The fourth-order valence-electron chi connectivity index (χ4n) is 6.39. The minimum Gasteiger partial charge on any atom is -0.504 e. The third kappa shape index (κ3) is 1.78. The third-order valence-corrected chi connectivity index (χ3v) is 7.71. The van der Waals surface area contributed by atoms with E-state index in [1.165, 1.54) is 18.4 Å². The van der Waals surface area contributed by atoms with E-state index in [4.69, 9.17) is 4.74 Å². The Kier molecular flexibility index (Phi) is 3.37. The van der Waals surface area contributed by atoms with Gasteiger partial charge in [0.15, 0.2) is 11.5 Å². The molecule has 2 heterocycles. The van der Waals surface area contributed by atoms with E-state index in [9.17, 15) is 10.2 Å². The summed E-state index contributed by atoms with van der Waals surface area (Å²) in [5.74, 6) is 1.64. The van der Waals surface area contributed by atoms with E-state index in [0.717, 1.165) is 55.8 Å². The first kappa shape index (κ1) is 16.9. The number of hydrogen-bond acceptors (Lipinski definition) is 4. The molecule has 3 aliphatic carbocycles. The van der Waals surface area contributed by atoms with E-state index < -0.39 is 11.0 Å². The summed E-state index contributed by atoms with van der Waals surface area (Å²) in [6.07, 6.45) is 5.79. The Morgan fingerprint density at radius 1 is 1.27 bits per heavy atom. The van der Waals surface area contributed by atoms with E-state index in [1.54, 1.807) is 6.07 Å². The average molecular weight is 376 g/mol. The maximum Gasteiger partial charge on any atom is 0.166 e. The zero-order chi connectivity index (χ0) is 17.0. The molecule has 2 saturated carbocycles. The van der Waals surface area contributed by atoms with E-state index in [-0.39, 0.29) is 30.3 Å². The molecule has 2 aliphatic heterocycles. The van der Waals surface area contributed by atoms with Crippen molar-refractivity contribution in [2.45, 2.75) is 61.7 Å². The van der Waals surface area contributed by atoms with Crippen molar-refractivity contribution in [1.82, 2.24) is 4.90 Å². The van der Waals surface area contributed by atoms with Crippen LogP contribution >= 0.6 is 12.4 Å². The van der Waals surface area contributed by atoms with Crippen molar-refractivity contribution < 1.29 is 14.9 Å². The lowest BCUT2D eigenvalue weighted by Crippen LogP contribution is -2.75. The predicted molar refractivity (Wildman–Crippen MR) is 101 cm³/mol. The second kappa shape index (κ2) is 5.18. The fraction of sp³-hybridized carbons (Fsp3) is 0.619. The van der Waals surface area contributed by atoms with E-state index >= 15 is 0 Å². The third-order valence-electron chi connectivity index (χ3n) is 7.71. The highest BCUT2D eigenvalue weighted by molar-refractivity contribution is 5.85. The molecule has 1 aromatic rings. The van der Waals surface area contributed by atoms with Gasteiger partial charge in [0.25, 0.3) is 0 Å². The minimum absolute atomic E-state index is 0. The molecule has 140 valence electrons. The van der Waals surface area contributed by atoms with Gasteiger partial charge in [-0.3, -0.25) is 4.90 Å². The van der Waals surface area contributed by atoms with Crippen LogP contribution in [0.4, 0.5) is 0 Å². The Bertz CT molecular complexity index is 807. The molecule has 5 aliphatic rings. The number of phenolic OH excluding ortho intramolecular Hbond substituents is 1. The molecule has 1 saturated heterocycles. The molecule has 0 amide bonds. The van der Waals surface area contributed by atoms with Gasteiger partial charge in [-0.25, -0.2) is 0 Å². The zero-order valence-electron chi connectivity index (χ0n) is 14.9. The van der Waals surface area contributed by atoms with Crippen LogP contribution in [0.25, 0.3) is 0 Å². The highest BCUT2D eigenvalue weighted by Gasteiger charge is 2.71.